The minimum Gasteiger partial charge on any atom is -0.385 e. The fraction of sp³-hybridized carbons (Fsp3) is 0.467. The highest BCUT2D eigenvalue weighted by molar-refractivity contribution is 6.33. The van der Waals surface area contributed by atoms with Crippen molar-refractivity contribution in [2.45, 2.75) is 20.3 Å². The lowest BCUT2D eigenvalue weighted by atomic mass is 9.91. The molecule has 6 heteroatoms. The van der Waals surface area contributed by atoms with Crippen molar-refractivity contribution in [3.63, 3.8) is 0 Å². The van der Waals surface area contributed by atoms with Crippen molar-refractivity contribution in [2.75, 3.05) is 25.6 Å². The first-order valence-corrected chi connectivity index (χ1v) is 7.10. The summed E-state index contributed by atoms with van der Waals surface area (Å²) in [5.41, 5.74) is -0.698. The Labute approximate surface area is 130 Å². The van der Waals surface area contributed by atoms with Crippen LogP contribution in [-0.4, -0.2) is 32.1 Å². The van der Waals surface area contributed by atoms with E-state index < -0.39 is 11.3 Å². The van der Waals surface area contributed by atoms with Gasteiger partial charge in [-0.05, 0) is 32.4 Å². The lowest BCUT2D eigenvalue weighted by Gasteiger charge is -2.23. The molecule has 0 unspecified atom stereocenters. The summed E-state index contributed by atoms with van der Waals surface area (Å²) in [6, 6.07) is 6.90. The Kier molecular flexibility index (Phi) is 6.65. The maximum Gasteiger partial charge on any atom is 0.239 e. The van der Waals surface area contributed by atoms with Gasteiger partial charge in [0, 0.05) is 20.3 Å². The molecule has 1 aromatic rings. The zero-order valence-electron chi connectivity index (χ0n) is 12.5. The molecule has 0 bridgehead atoms. The minimum atomic E-state index is -1.19. The molecule has 0 aliphatic heterocycles. The van der Waals surface area contributed by atoms with E-state index in [1.54, 1.807) is 45.2 Å². The van der Waals surface area contributed by atoms with Gasteiger partial charge in [0.1, 0.15) is 5.41 Å². The number of para-hydroxylation sites is 1. The third kappa shape index (κ3) is 5.02. The highest BCUT2D eigenvalue weighted by Crippen LogP contribution is 2.24. The Hall–Kier alpha value is -1.59. The lowest BCUT2D eigenvalue weighted by molar-refractivity contribution is -0.138. The summed E-state index contributed by atoms with van der Waals surface area (Å²) in [6.07, 6.45) is 0.699. The molecule has 1 aromatic carbocycles. The highest BCUT2D eigenvalue weighted by atomic mass is 35.5. The van der Waals surface area contributed by atoms with Gasteiger partial charge >= 0.3 is 0 Å². The van der Waals surface area contributed by atoms with E-state index in [0.717, 1.165) is 0 Å². The van der Waals surface area contributed by atoms with E-state index >= 15 is 0 Å². The van der Waals surface area contributed by atoms with Crippen molar-refractivity contribution in [2.24, 2.45) is 5.41 Å². The molecular formula is C15H21ClN2O3. The third-order valence-corrected chi connectivity index (χ3v) is 3.40. The van der Waals surface area contributed by atoms with Gasteiger partial charge in [-0.1, -0.05) is 23.7 Å². The first-order chi connectivity index (χ1) is 9.89. The molecule has 116 valence electrons. The third-order valence-electron chi connectivity index (χ3n) is 3.07. The van der Waals surface area contributed by atoms with E-state index in [1.165, 1.54) is 0 Å². The van der Waals surface area contributed by atoms with Crippen molar-refractivity contribution in [3.05, 3.63) is 29.3 Å². The number of benzene rings is 1. The molecule has 0 spiro atoms. The summed E-state index contributed by atoms with van der Waals surface area (Å²) in [6.45, 7) is 4.18. The molecule has 21 heavy (non-hydrogen) atoms. The fourth-order valence-electron chi connectivity index (χ4n) is 1.58. The van der Waals surface area contributed by atoms with Crippen molar-refractivity contribution in [3.8, 4) is 0 Å². The van der Waals surface area contributed by atoms with Crippen LogP contribution in [0, 0.1) is 5.41 Å². The number of methoxy groups -OCH3 is 1. The zero-order valence-corrected chi connectivity index (χ0v) is 13.3. The molecule has 0 radical (unpaired) electrons. The van der Waals surface area contributed by atoms with Gasteiger partial charge in [-0.25, -0.2) is 0 Å². The molecule has 2 N–H and O–H groups in total. The van der Waals surface area contributed by atoms with E-state index in [-0.39, 0.29) is 5.91 Å². The first kappa shape index (κ1) is 17.5. The summed E-state index contributed by atoms with van der Waals surface area (Å²) in [5.74, 6) is -0.733. The van der Waals surface area contributed by atoms with Crippen LogP contribution in [0.1, 0.15) is 20.3 Å². The van der Waals surface area contributed by atoms with Gasteiger partial charge in [-0.15, -0.1) is 0 Å². The number of hydrogen-bond acceptors (Lipinski definition) is 3. The van der Waals surface area contributed by atoms with Crippen LogP contribution in [0.25, 0.3) is 0 Å². The van der Waals surface area contributed by atoms with Gasteiger partial charge in [0.25, 0.3) is 0 Å². The Morgan fingerprint density at radius 1 is 1.24 bits per heavy atom. The van der Waals surface area contributed by atoms with E-state index in [9.17, 15) is 9.59 Å². The summed E-state index contributed by atoms with van der Waals surface area (Å²) >= 11 is 5.99. The van der Waals surface area contributed by atoms with Gasteiger partial charge in [-0.3, -0.25) is 9.59 Å². The summed E-state index contributed by atoms with van der Waals surface area (Å²) < 4.78 is 4.90. The zero-order chi connectivity index (χ0) is 15.9. The van der Waals surface area contributed by atoms with Crippen molar-refractivity contribution >= 4 is 29.1 Å². The van der Waals surface area contributed by atoms with Crippen LogP contribution >= 0.6 is 11.6 Å². The standard InChI is InChI=1S/C15H21ClN2O3/c1-15(2,13(19)17-9-6-10-21-3)14(20)18-12-8-5-4-7-11(12)16/h4-5,7-8H,6,9-10H2,1-3H3,(H,17,19)(H,18,20). The predicted octanol–water partition coefficient (Wildman–Crippen LogP) is 2.46. The molecule has 0 fully saturated rings. The SMILES string of the molecule is COCCCNC(=O)C(C)(C)C(=O)Nc1ccccc1Cl. The average molecular weight is 313 g/mol. The molecule has 1 rings (SSSR count). The van der Waals surface area contributed by atoms with Crippen LogP contribution in [0.3, 0.4) is 0 Å². The lowest BCUT2D eigenvalue weighted by Crippen LogP contribution is -2.45. The molecule has 0 aromatic heterocycles. The second kappa shape index (κ2) is 8.00. The Morgan fingerprint density at radius 2 is 1.90 bits per heavy atom. The Bertz CT molecular complexity index is 503. The summed E-state index contributed by atoms with van der Waals surface area (Å²) in [4.78, 5) is 24.4. The number of amides is 2. The minimum absolute atomic E-state index is 0.330. The van der Waals surface area contributed by atoms with E-state index in [1.807, 2.05) is 0 Å². The van der Waals surface area contributed by atoms with E-state index in [0.29, 0.717) is 30.3 Å². The monoisotopic (exact) mass is 312 g/mol. The number of carbonyl (C=O) groups is 2. The summed E-state index contributed by atoms with van der Waals surface area (Å²) in [5, 5.41) is 5.84. The highest BCUT2D eigenvalue weighted by Gasteiger charge is 2.36. The number of ether oxygens (including phenoxy) is 1. The number of anilines is 1. The normalized spacial score (nSPS) is 11.0. The van der Waals surface area contributed by atoms with Gasteiger partial charge in [0.2, 0.25) is 11.8 Å². The number of halogens is 1. The smallest absolute Gasteiger partial charge is 0.239 e. The molecule has 0 aliphatic carbocycles. The number of carbonyl (C=O) groups excluding carboxylic acids is 2. The van der Waals surface area contributed by atoms with Crippen molar-refractivity contribution in [1.29, 1.82) is 0 Å². The van der Waals surface area contributed by atoms with Crippen molar-refractivity contribution in [1.82, 2.24) is 5.32 Å². The summed E-state index contributed by atoms with van der Waals surface area (Å²) in [7, 11) is 1.60. The molecule has 0 heterocycles. The van der Waals surface area contributed by atoms with Crippen LogP contribution in [0.2, 0.25) is 5.02 Å². The molecule has 0 aliphatic rings. The topological polar surface area (TPSA) is 67.4 Å². The predicted molar refractivity (Wildman–Crippen MR) is 83.4 cm³/mol. The van der Waals surface area contributed by atoms with Crippen LogP contribution in [0.4, 0.5) is 5.69 Å². The van der Waals surface area contributed by atoms with Gasteiger partial charge < -0.3 is 15.4 Å². The number of nitrogens with one attached hydrogen (secondary N) is 2. The van der Waals surface area contributed by atoms with Crippen LogP contribution < -0.4 is 10.6 Å². The van der Waals surface area contributed by atoms with Crippen LogP contribution in [0.5, 0.6) is 0 Å². The van der Waals surface area contributed by atoms with E-state index in [2.05, 4.69) is 10.6 Å². The second-order valence-electron chi connectivity index (χ2n) is 5.16. The molecule has 2 amide bonds. The first-order valence-electron chi connectivity index (χ1n) is 6.73. The number of hydrogen-bond donors (Lipinski definition) is 2. The van der Waals surface area contributed by atoms with Crippen LogP contribution in [-0.2, 0) is 14.3 Å². The molecule has 5 nitrogen and oxygen atoms in total. The molecular weight excluding hydrogens is 292 g/mol. The maximum atomic E-state index is 12.3. The van der Waals surface area contributed by atoms with Crippen molar-refractivity contribution < 1.29 is 14.3 Å². The second-order valence-corrected chi connectivity index (χ2v) is 5.57. The van der Waals surface area contributed by atoms with Gasteiger partial charge in [0.05, 0.1) is 10.7 Å². The van der Waals surface area contributed by atoms with Gasteiger partial charge in [0.15, 0.2) is 0 Å². The Balaban J connectivity index is 2.62. The molecule has 0 saturated carbocycles. The fourth-order valence-corrected chi connectivity index (χ4v) is 1.77. The quantitative estimate of drug-likeness (QED) is 0.600. The average Bonchev–Trinajstić information content (AvgIpc) is 2.45. The van der Waals surface area contributed by atoms with Crippen LogP contribution in [0.15, 0.2) is 24.3 Å². The molecule has 0 saturated heterocycles. The number of rotatable bonds is 7. The maximum absolute atomic E-state index is 12.3. The van der Waals surface area contributed by atoms with E-state index in [4.69, 9.17) is 16.3 Å². The van der Waals surface area contributed by atoms with Gasteiger partial charge in [-0.2, -0.15) is 0 Å². The molecule has 0 atom stereocenters. The largest absolute Gasteiger partial charge is 0.385 e. The Morgan fingerprint density at radius 3 is 2.52 bits per heavy atom.